The molecule has 2 N–H and O–H groups in total. The average molecular weight is 303 g/mol. The Bertz CT molecular complexity index is 535. The van der Waals surface area contributed by atoms with Crippen LogP contribution in [0, 0.1) is 17.8 Å². The Labute approximate surface area is 129 Å². The maximum absolute atomic E-state index is 11.9. The zero-order chi connectivity index (χ0) is 15.5. The van der Waals surface area contributed by atoms with Gasteiger partial charge in [-0.2, -0.15) is 0 Å². The summed E-state index contributed by atoms with van der Waals surface area (Å²) in [5.41, 5.74) is 0.912. The van der Waals surface area contributed by atoms with Crippen LogP contribution in [0.3, 0.4) is 0 Å². The number of carboxylic acids is 1. The third kappa shape index (κ3) is 3.78. The van der Waals surface area contributed by atoms with Crippen molar-refractivity contribution in [1.29, 1.82) is 0 Å². The van der Waals surface area contributed by atoms with Crippen LogP contribution in [0.1, 0.15) is 31.2 Å². The first-order valence-corrected chi connectivity index (χ1v) is 7.81. The van der Waals surface area contributed by atoms with Gasteiger partial charge in [0.1, 0.15) is 6.61 Å². The fraction of sp³-hybridized carbons (Fsp3) is 0.529. The van der Waals surface area contributed by atoms with Gasteiger partial charge in [-0.25, -0.2) is 4.79 Å². The Morgan fingerprint density at radius 2 is 1.86 bits per heavy atom. The van der Waals surface area contributed by atoms with Crippen molar-refractivity contribution in [3.05, 3.63) is 35.9 Å². The molecule has 118 valence electrons. The number of hydrogen-bond donors (Lipinski definition) is 2. The van der Waals surface area contributed by atoms with Gasteiger partial charge in [0.25, 0.3) is 0 Å². The highest BCUT2D eigenvalue weighted by molar-refractivity contribution is 5.71. The maximum atomic E-state index is 11.9. The number of hydrogen-bond acceptors (Lipinski definition) is 3. The monoisotopic (exact) mass is 303 g/mol. The van der Waals surface area contributed by atoms with Crippen molar-refractivity contribution in [2.24, 2.45) is 17.8 Å². The highest BCUT2D eigenvalue weighted by Crippen LogP contribution is 2.55. The number of ether oxygens (including phenoxy) is 1. The summed E-state index contributed by atoms with van der Waals surface area (Å²) < 4.78 is 5.19. The van der Waals surface area contributed by atoms with Crippen LogP contribution in [0.15, 0.2) is 30.3 Å². The molecule has 0 spiro atoms. The van der Waals surface area contributed by atoms with Gasteiger partial charge in [0.05, 0.1) is 6.42 Å². The van der Waals surface area contributed by atoms with Crippen LogP contribution in [-0.2, 0) is 16.1 Å². The minimum absolute atomic E-state index is 0.0372. The smallest absolute Gasteiger partial charge is 0.407 e. The molecule has 0 bridgehead atoms. The summed E-state index contributed by atoms with van der Waals surface area (Å²) in [7, 11) is 0. The van der Waals surface area contributed by atoms with E-state index in [-0.39, 0.29) is 25.0 Å². The quantitative estimate of drug-likeness (QED) is 0.847. The van der Waals surface area contributed by atoms with Gasteiger partial charge in [-0.05, 0) is 42.6 Å². The van der Waals surface area contributed by atoms with E-state index in [0.717, 1.165) is 30.2 Å². The molecule has 22 heavy (non-hydrogen) atoms. The summed E-state index contributed by atoms with van der Waals surface area (Å²) in [5, 5.41) is 11.8. The summed E-state index contributed by atoms with van der Waals surface area (Å²) >= 11 is 0. The Balaban J connectivity index is 1.50. The minimum atomic E-state index is -0.881. The zero-order valence-electron chi connectivity index (χ0n) is 12.4. The fourth-order valence-corrected chi connectivity index (χ4v) is 3.53. The molecular formula is C17H21NO4. The molecule has 2 unspecified atom stereocenters. The van der Waals surface area contributed by atoms with Crippen LogP contribution < -0.4 is 5.32 Å². The van der Waals surface area contributed by atoms with Gasteiger partial charge in [-0.3, -0.25) is 4.79 Å². The third-order valence-electron chi connectivity index (χ3n) is 4.76. The van der Waals surface area contributed by atoms with Gasteiger partial charge in [-0.15, -0.1) is 0 Å². The van der Waals surface area contributed by atoms with Crippen molar-refractivity contribution in [3.8, 4) is 0 Å². The molecule has 3 atom stereocenters. The molecule has 5 heteroatoms. The first-order chi connectivity index (χ1) is 10.6. The predicted molar refractivity (Wildman–Crippen MR) is 80.1 cm³/mol. The van der Waals surface area contributed by atoms with Crippen molar-refractivity contribution in [1.82, 2.24) is 5.32 Å². The Kier molecular flexibility index (Phi) is 4.32. The molecule has 1 amide bonds. The molecule has 0 aliphatic heterocycles. The number of rotatable bonds is 6. The molecule has 5 nitrogen and oxygen atoms in total. The fourth-order valence-electron chi connectivity index (χ4n) is 3.53. The van der Waals surface area contributed by atoms with Crippen molar-refractivity contribution in [2.45, 2.75) is 38.3 Å². The molecule has 0 saturated heterocycles. The van der Waals surface area contributed by atoms with Crippen molar-refractivity contribution in [3.63, 3.8) is 0 Å². The van der Waals surface area contributed by atoms with Gasteiger partial charge in [0.2, 0.25) is 0 Å². The van der Waals surface area contributed by atoms with Crippen LogP contribution in [0.5, 0.6) is 0 Å². The van der Waals surface area contributed by atoms with E-state index in [0.29, 0.717) is 0 Å². The average Bonchev–Trinajstić information content (AvgIpc) is 3.11. The number of carbonyl (C=O) groups is 2. The number of fused-ring (bicyclic) bond motifs is 1. The second-order valence-corrected chi connectivity index (χ2v) is 6.40. The van der Waals surface area contributed by atoms with Crippen molar-refractivity contribution >= 4 is 12.1 Å². The zero-order valence-corrected chi connectivity index (χ0v) is 12.4. The number of amides is 1. The molecule has 2 fully saturated rings. The van der Waals surface area contributed by atoms with E-state index in [1.54, 1.807) is 0 Å². The van der Waals surface area contributed by atoms with Gasteiger partial charge in [0, 0.05) is 6.04 Å². The summed E-state index contributed by atoms with van der Waals surface area (Å²) in [6, 6.07) is 9.11. The maximum Gasteiger partial charge on any atom is 0.407 e. The van der Waals surface area contributed by atoms with Gasteiger partial charge in [-0.1, -0.05) is 30.3 Å². The molecule has 1 aromatic rings. The van der Waals surface area contributed by atoms with E-state index in [1.165, 1.54) is 6.42 Å². The first kappa shape index (κ1) is 14.9. The molecule has 0 aromatic heterocycles. The Morgan fingerprint density at radius 3 is 2.50 bits per heavy atom. The van der Waals surface area contributed by atoms with E-state index in [4.69, 9.17) is 9.84 Å². The highest BCUT2D eigenvalue weighted by Gasteiger charge is 2.48. The molecule has 1 aromatic carbocycles. The van der Waals surface area contributed by atoms with E-state index in [2.05, 4.69) is 5.32 Å². The molecule has 0 radical (unpaired) electrons. The number of aliphatic carboxylic acids is 1. The lowest BCUT2D eigenvalue weighted by Gasteiger charge is -2.24. The van der Waals surface area contributed by atoms with Crippen molar-refractivity contribution < 1.29 is 19.4 Å². The summed E-state index contributed by atoms with van der Waals surface area (Å²) in [4.78, 5) is 23.0. The molecule has 2 saturated carbocycles. The van der Waals surface area contributed by atoms with Gasteiger partial charge < -0.3 is 15.2 Å². The van der Waals surface area contributed by atoms with Gasteiger partial charge >= 0.3 is 12.1 Å². The Morgan fingerprint density at radius 1 is 1.18 bits per heavy atom. The van der Waals surface area contributed by atoms with Crippen LogP contribution >= 0.6 is 0 Å². The molecule has 2 aliphatic carbocycles. The van der Waals surface area contributed by atoms with Crippen LogP contribution in [0.4, 0.5) is 4.79 Å². The standard InChI is InChI=1S/C17H21NO4/c19-16(20)9-15(14-7-12-6-13(12)8-14)18-17(21)22-10-11-4-2-1-3-5-11/h1-5,12-15H,6-10H2,(H,18,21)(H,19,20)/t12?,13?,14?,15-/m0/s1. The molecule has 3 rings (SSSR count). The normalized spacial score (nSPS) is 26.8. The number of carboxylic acid groups (broad SMARTS) is 1. The number of nitrogens with one attached hydrogen (secondary N) is 1. The van der Waals surface area contributed by atoms with Gasteiger partial charge in [0.15, 0.2) is 0 Å². The minimum Gasteiger partial charge on any atom is -0.481 e. The Hall–Kier alpha value is -2.04. The highest BCUT2D eigenvalue weighted by atomic mass is 16.5. The lowest BCUT2D eigenvalue weighted by Crippen LogP contribution is -2.41. The van der Waals surface area contributed by atoms with E-state index in [1.807, 2.05) is 30.3 Å². The summed E-state index contributed by atoms with van der Waals surface area (Å²) in [6.45, 7) is 0.197. The van der Waals surface area contributed by atoms with E-state index < -0.39 is 12.1 Å². The molecular weight excluding hydrogens is 282 g/mol. The molecule has 2 aliphatic rings. The summed E-state index contributed by atoms with van der Waals surface area (Å²) in [5.74, 6) is 0.893. The second-order valence-electron chi connectivity index (χ2n) is 6.40. The topological polar surface area (TPSA) is 75.6 Å². The van der Waals surface area contributed by atoms with Crippen molar-refractivity contribution in [2.75, 3.05) is 0 Å². The predicted octanol–water partition coefficient (Wildman–Crippen LogP) is 2.80. The first-order valence-electron chi connectivity index (χ1n) is 7.81. The largest absolute Gasteiger partial charge is 0.481 e. The number of alkyl carbamates (subject to hydrolysis) is 1. The number of carbonyl (C=O) groups excluding carboxylic acids is 1. The lowest BCUT2D eigenvalue weighted by molar-refractivity contribution is -0.137. The van der Waals surface area contributed by atoms with Crippen LogP contribution in [-0.4, -0.2) is 23.2 Å². The lowest BCUT2D eigenvalue weighted by atomic mass is 9.92. The second kappa shape index (κ2) is 6.38. The van der Waals surface area contributed by atoms with Crippen LogP contribution in [0.25, 0.3) is 0 Å². The van der Waals surface area contributed by atoms with Crippen LogP contribution in [0.2, 0.25) is 0 Å². The van der Waals surface area contributed by atoms with E-state index >= 15 is 0 Å². The third-order valence-corrected chi connectivity index (χ3v) is 4.76. The number of benzene rings is 1. The summed E-state index contributed by atoms with van der Waals surface area (Å²) in [6.07, 6.45) is 2.76. The SMILES string of the molecule is O=C(O)C[C@H](NC(=O)OCc1ccccc1)C1CC2CC2C1. The van der Waals surface area contributed by atoms with E-state index in [9.17, 15) is 9.59 Å². The molecule has 0 heterocycles.